The second-order valence-corrected chi connectivity index (χ2v) is 5.34. The number of hydrogen-bond donors (Lipinski definition) is 2. The van der Waals surface area contributed by atoms with Crippen molar-refractivity contribution in [2.75, 3.05) is 17.7 Å². The van der Waals surface area contributed by atoms with Crippen LogP contribution in [-0.2, 0) is 6.42 Å². The van der Waals surface area contributed by atoms with Gasteiger partial charge in [0.05, 0.1) is 0 Å². The first kappa shape index (κ1) is 13.7. The van der Waals surface area contributed by atoms with E-state index in [9.17, 15) is 0 Å². The maximum atomic E-state index is 4.59. The molecule has 1 rings (SSSR count). The van der Waals surface area contributed by atoms with Gasteiger partial charge in [-0.1, -0.05) is 6.92 Å². The van der Waals surface area contributed by atoms with Crippen molar-refractivity contribution in [3.8, 4) is 0 Å². The highest BCUT2D eigenvalue weighted by atomic mass is 15.1. The standard InChI is InChI=1S/C13H24N4/c1-7-8-10-15-11(14-6)9(2)12(16-10)17-13(3,4)5/h7-8H2,1-6H3,(H2,14,15,16,17). The minimum Gasteiger partial charge on any atom is -0.373 e. The molecule has 0 radical (unpaired) electrons. The molecule has 0 aliphatic rings. The van der Waals surface area contributed by atoms with Gasteiger partial charge in [-0.25, -0.2) is 9.97 Å². The van der Waals surface area contributed by atoms with Crippen molar-refractivity contribution in [1.29, 1.82) is 0 Å². The molecule has 0 atom stereocenters. The minimum absolute atomic E-state index is 0.00755. The molecule has 0 aliphatic carbocycles. The summed E-state index contributed by atoms with van der Waals surface area (Å²) in [6.45, 7) is 10.6. The molecule has 0 spiro atoms. The fraction of sp³-hybridized carbons (Fsp3) is 0.692. The van der Waals surface area contributed by atoms with Gasteiger partial charge in [-0.2, -0.15) is 0 Å². The lowest BCUT2D eigenvalue weighted by molar-refractivity contribution is 0.627. The molecule has 1 heterocycles. The molecule has 17 heavy (non-hydrogen) atoms. The quantitative estimate of drug-likeness (QED) is 0.843. The maximum absolute atomic E-state index is 4.59. The number of nitrogens with zero attached hydrogens (tertiary/aromatic N) is 2. The number of rotatable bonds is 4. The molecule has 4 nitrogen and oxygen atoms in total. The molecule has 0 aliphatic heterocycles. The summed E-state index contributed by atoms with van der Waals surface area (Å²) in [7, 11) is 1.89. The number of anilines is 2. The summed E-state index contributed by atoms with van der Waals surface area (Å²) in [6.07, 6.45) is 1.97. The number of nitrogens with one attached hydrogen (secondary N) is 2. The summed E-state index contributed by atoms with van der Waals surface area (Å²) in [5, 5.41) is 6.56. The van der Waals surface area contributed by atoms with Gasteiger partial charge in [0.25, 0.3) is 0 Å². The van der Waals surface area contributed by atoms with E-state index >= 15 is 0 Å². The summed E-state index contributed by atoms with van der Waals surface area (Å²) in [6, 6.07) is 0. The fourth-order valence-electron chi connectivity index (χ4n) is 1.62. The average molecular weight is 236 g/mol. The van der Waals surface area contributed by atoms with Crippen LogP contribution in [0.3, 0.4) is 0 Å². The van der Waals surface area contributed by atoms with Gasteiger partial charge in [-0.3, -0.25) is 0 Å². The molecule has 1 aromatic heterocycles. The van der Waals surface area contributed by atoms with E-state index in [2.05, 4.69) is 48.3 Å². The Bertz CT molecular complexity index is 380. The van der Waals surface area contributed by atoms with Crippen molar-refractivity contribution >= 4 is 11.6 Å². The Morgan fingerprint density at radius 1 is 1.12 bits per heavy atom. The first-order valence-corrected chi connectivity index (χ1v) is 6.21. The van der Waals surface area contributed by atoms with Crippen LogP contribution in [0.25, 0.3) is 0 Å². The van der Waals surface area contributed by atoms with E-state index in [1.165, 1.54) is 0 Å². The molecule has 0 saturated heterocycles. The van der Waals surface area contributed by atoms with Crippen molar-refractivity contribution in [2.45, 2.75) is 53.0 Å². The monoisotopic (exact) mass is 236 g/mol. The first-order chi connectivity index (χ1) is 7.87. The second-order valence-electron chi connectivity index (χ2n) is 5.34. The zero-order valence-corrected chi connectivity index (χ0v) is 11.8. The van der Waals surface area contributed by atoms with Gasteiger partial charge >= 0.3 is 0 Å². The van der Waals surface area contributed by atoms with Gasteiger partial charge in [0.2, 0.25) is 0 Å². The fourth-order valence-corrected chi connectivity index (χ4v) is 1.62. The lowest BCUT2D eigenvalue weighted by Gasteiger charge is -2.23. The molecule has 4 heteroatoms. The van der Waals surface area contributed by atoms with Crippen molar-refractivity contribution in [2.24, 2.45) is 0 Å². The van der Waals surface area contributed by atoms with E-state index in [4.69, 9.17) is 0 Å². The molecule has 96 valence electrons. The van der Waals surface area contributed by atoms with E-state index in [1.54, 1.807) is 0 Å². The highest BCUT2D eigenvalue weighted by Crippen LogP contribution is 2.22. The summed E-state index contributed by atoms with van der Waals surface area (Å²) < 4.78 is 0. The molecule has 0 aromatic carbocycles. The van der Waals surface area contributed by atoms with Gasteiger partial charge in [-0.05, 0) is 34.1 Å². The molecule has 0 amide bonds. The first-order valence-electron chi connectivity index (χ1n) is 6.21. The zero-order chi connectivity index (χ0) is 13.1. The second kappa shape index (κ2) is 5.34. The molecular weight excluding hydrogens is 212 g/mol. The zero-order valence-electron chi connectivity index (χ0n) is 11.8. The smallest absolute Gasteiger partial charge is 0.135 e. The van der Waals surface area contributed by atoms with Crippen molar-refractivity contribution in [1.82, 2.24) is 9.97 Å². The van der Waals surface area contributed by atoms with Crippen LogP contribution < -0.4 is 10.6 Å². The van der Waals surface area contributed by atoms with E-state index < -0.39 is 0 Å². The van der Waals surface area contributed by atoms with Crippen LogP contribution in [0, 0.1) is 6.92 Å². The van der Waals surface area contributed by atoms with E-state index in [0.717, 1.165) is 35.9 Å². The number of hydrogen-bond acceptors (Lipinski definition) is 4. The van der Waals surface area contributed by atoms with Crippen LogP contribution in [0.15, 0.2) is 0 Å². The summed E-state index contributed by atoms with van der Waals surface area (Å²) in [4.78, 5) is 9.10. The van der Waals surface area contributed by atoms with Gasteiger partial charge < -0.3 is 10.6 Å². The van der Waals surface area contributed by atoms with Crippen LogP contribution in [0.4, 0.5) is 11.6 Å². The van der Waals surface area contributed by atoms with Gasteiger partial charge in [-0.15, -0.1) is 0 Å². The van der Waals surface area contributed by atoms with Crippen molar-refractivity contribution in [3.63, 3.8) is 0 Å². The molecular formula is C13H24N4. The Balaban J connectivity index is 3.13. The third-order valence-corrected chi connectivity index (χ3v) is 2.40. The molecule has 2 N–H and O–H groups in total. The van der Waals surface area contributed by atoms with Crippen LogP contribution >= 0.6 is 0 Å². The molecule has 0 bridgehead atoms. The van der Waals surface area contributed by atoms with E-state index in [0.29, 0.717) is 0 Å². The predicted molar refractivity (Wildman–Crippen MR) is 73.7 cm³/mol. The number of aromatic nitrogens is 2. The number of aryl methyl sites for hydroxylation is 1. The third-order valence-electron chi connectivity index (χ3n) is 2.40. The van der Waals surface area contributed by atoms with Crippen molar-refractivity contribution < 1.29 is 0 Å². The Labute approximate surface area is 104 Å². The predicted octanol–water partition coefficient (Wildman–Crippen LogP) is 2.99. The summed E-state index contributed by atoms with van der Waals surface area (Å²) in [5.74, 6) is 2.74. The highest BCUT2D eigenvalue weighted by molar-refractivity contribution is 5.57. The normalized spacial score (nSPS) is 11.4. The Kier molecular flexibility index (Phi) is 4.32. The van der Waals surface area contributed by atoms with Gasteiger partial charge in [0.1, 0.15) is 17.5 Å². The summed E-state index contributed by atoms with van der Waals surface area (Å²) >= 11 is 0. The van der Waals surface area contributed by atoms with Crippen LogP contribution in [0.1, 0.15) is 45.5 Å². The minimum atomic E-state index is 0.00755. The molecule has 0 fully saturated rings. The SMILES string of the molecule is CCCc1nc(NC)c(C)c(NC(C)(C)C)n1. The molecule has 1 aromatic rings. The van der Waals surface area contributed by atoms with Crippen LogP contribution in [-0.4, -0.2) is 22.6 Å². The lowest BCUT2D eigenvalue weighted by Crippen LogP contribution is -2.28. The Morgan fingerprint density at radius 3 is 2.18 bits per heavy atom. The highest BCUT2D eigenvalue weighted by Gasteiger charge is 2.15. The third kappa shape index (κ3) is 3.88. The molecule has 0 unspecified atom stereocenters. The Morgan fingerprint density at radius 2 is 1.71 bits per heavy atom. The molecule has 0 saturated carbocycles. The van der Waals surface area contributed by atoms with Crippen molar-refractivity contribution in [3.05, 3.63) is 11.4 Å². The van der Waals surface area contributed by atoms with Crippen LogP contribution in [0.2, 0.25) is 0 Å². The van der Waals surface area contributed by atoms with E-state index in [-0.39, 0.29) is 5.54 Å². The Hall–Kier alpha value is -1.32. The average Bonchev–Trinajstić information content (AvgIpc) is 2.21. The van der Waals surface area contributed by atoms with E-state index in [1.807, 2.05) is 14.0 Å². The lowest BCUT2D eigenvalue weighted by atomic mass is 10.1. The summed E-state index contributed by atoms with van der Waals surface area (Å²) in [5.41, 5.74) is 1.08. The van der Waals surface area contributed by atoms with Gasteiger partial charge in [0, 0.05) is 24.6 Å². The topological polar surface area (TPSA) is 49.8 Å². The van der Waals surface area contributed by atoms with Gasteiger partial charge in [0.15, 0.2) is 0 Å². The maximum Gasteiger partial charge on any atom is 0.135 e. The van der Waals surface area contributed by atoms with Crippen LogP contribution in [0.5, 0.6) is 0 Å². The largest absolute Gasteiger partial charge is 0.373 e.